The molecular formula is C21H28O. The Hall–Kier alpha value is -2.28. The van der Waals surface area contributed by atoms with Crippen molar-refractivity contribution in [2.45, 2.75) is 34.6 Å². The van der Waals surface area contributed by atoms with Gasteiger partial charge < -0.3 is 5.11 Å². The summed E-state index contributed by atoms with van der Waals surface area (Å²) in [6, 6.07) is 9.92. The molecule has 0 unspecified atom stereocenters. The standard InChI is InChI=1S/C17H16O.2C2H6/c1-5-15(13(4)18)17-12(3)9-10-14-8-6-7-11(2)16(14)17;2*1-2/h5-10,18H,2-4H2,1H3;2*1-2H3/b15-5-;;. The molecule has 2 aromatic rings. The molecule has 0 aromatic heterocycles. The van der Waals surface area contributed by atoms with Gasteiger partial charge in [-0.25, -0.2) is 0 Å². The lowest BCUT2D eigenvalue weighted by molar-refractivity contribution is 0.440. The minimum absolute atomic E-state index is 0.0538. The van der Waals surface area contributed by atoms with Gasteiger partial charge in [0.15, 0.2) is 0 Å². The van der Waals surface area contributed by atoms with Crippen molar-refractivity contribution in [1.82, 2.24) is 0 Å². The predicted molar refractivity (Wildman–Crippen MR) is 102 cm³/mol. The number of aliphatic hydroxyl groups excluding tert-OH is 1. The number of fused-ring (bicyclic) bond motifs is 1. The molecule has 1 nitrogen and oxygen atoms in total. The van der Waals surface area contributed by atoms with Crippen molar-refractivity contribution in [3.63, 3.8) is 0 Å². The maximum Gasteiger partial charge on any atom is 0.115 e. The largest absolute Gasteiger partial charge is 0.508 e. The highest BCUT2D eigenvalue weighted by molar-refractivity contribution is 5.97. The smallest absolute Gasteiger partial charge is 0.115 e. The van der Waals surface area contributed by atoms with Crippen molar-refractivity contribution in [3.8, 4) is 0 Å². The van der Waals surface area contributed by atoms with Gasteiger partial charge in [-0.05, 0) is 28.1 Å². The zero-order valence-corrected chi connectivity index (χ0v) is 14.5. The number of hydrogen-bond donors (Lipinski definition) is 1. The van der Waals surface area contributed by atoms with E-state index in [2.05, 4.69) is 19.7 Å². The van der Waals surface area contributed by atoms with Gasteiger partial charge in [0.05, 0.1) is 0 Å². The second kappa shape index (κ2) is 9.62. The fourth-order valence-corrected chi connectivity index (χ4v) is 2.26. The first-order valence-corrected chi connectivity index (χ1v) is 7.80. The van der Waals surface area contributed by atoms with Crippen LogP contribution in [0.25, 0.3) is 29.5 Å². The van der Waals surface area contributed by atoms with Crippen LogP contribution in [-0.2, 0) is 0 Å². The zero-order chi connectivity index (χ0) is 17.3. The Balaban J connectivity index is 0.00000102. The molecule has 0 spiro atoms. The minimum atomic E-state index is 0.0538. The van der Waals surface area contributed by atoms with Crippen LogP contribution in [0.4, 0.5) is 0 Å². The number of hydrogen-bond acceptors (Lipinski definition) is 1. The molecule has 0 aliphatic carbocycles. The average molecular weight is 296 g/mol. The van der Waals surface area contributed by atoms with E-state index in [1.807, 2.05) is 71.0 Å². The molecule has 0 aliphatic heterocycles. The van der Waals surface area contributed by atoms with Gasteiger partial charge in [0.1, 0.15) is 5.76 Å². The van der Waals surface area contributed by atoms with Crippen LogP contribution in [0.1, 0.15) is 40.2 Å². The monoisotopic (exact) mass is 296 g/mol. The summed E-state index contributed by atoms with van der Waals surface area (Å²) in [5.74, 6) is 0.0538. The molecule has 0 amide bonds. The lowest BCUT2D eigenvalue weighted by Gasteiger charge is -2.11. The summed E-state index contributed by atoms with van der Waals surface area (Å²) in [4.78, 5) is 0. The van der Waals surface area contributed by atoms with Gasteiger partial charge in [0, 0.05) is 11.1 Å². The van der Waals surface area contributed by atoms with E-state index >= 15 is 0 Å². The summed E-state index contributed by atoms with van der Waals surface area (Å²) in [6.45, 7) is 21.6. The van der Waals surface area contributed by atoms with E-state index in [0.717, 1.165) is 26.8 Å². The Morgan fingerprint density at radius 3 is 2.05 bits per heavy atom. The molecule has 1 N–H and O–H groups in total. The molecule has 0 aliphatic rings. The predicted octanol–water partition coefficient (Wildman–Crippen LogP) is 5.19. The third-order valence-electron chi connectivity index (χ3n) is 3.09. The van der Waals surface area contributed by atoms with E-state index in [0.29, 0.717) is 5.57 Å². The highest BCUT2D eigenvalue weighted by atomic mass is 16.3. The molecule has 2 aromatic carbocycles. The van der Waals surface area contributed by atoms with E-state index in [4.69, 9.17) is 0 Å². The van der Waals surface area contributed by atoms with Gasteiger partial charge in [0.25, 0.3) is 0 Å². The summed E-state index contributed by atoms with van der Waals surface area (Å²) in [5.41, 5.74) is 1.62. The van der Waals surface area contributed by atoms with Crippen molar-refractivity contribution in [3.05, 3.63) is 64.7 Å². The number of allylic oxidation sites excluding steroid dienone is 2. The third-order valence-corrected chi connectivity index (χ3v) is 3.09. The molecule has 0 radical (unpaired) electrons. The van der Waals surface area contributed by atoms with E-state index < -0.39 is 0 Å². The first-order chi connectivity index (χ1) is 10.6. The zero-order valence-electron chi connectivity index (χ0n) is 14.5. The highest BCUT2D eigenvalue weighted by Gasteiger charge is 2.10. The number of rotatable bonds is 2. The molecule has 22 heavy (non-hydrogen) atoms. The van der Waals surface area contributed by atoms with Crippen LogP contribution in [0.5, 0.6) is 0 Å². The summed E-state index contributed by atoms with van der Waals surface area (Å²) in [6.07, 6.45) is 1.85. The molecule has 0 saturated carbocycles. The topological polar surface area (TPSA) is 20.2 Å². The SMILES string of the molecule is C=C(O)/C(=C/C)c1c(=C)ccc2cccc(=C)c12.CC.CC. The molecule has 1 heteroatoms. The second-order valence-electron chi connectivity index (χ2n) is 4.26. The minimum Gasteiger partial charge on any atom is -0.508 e. The van der Waals surface area contributed by atoms with Crippen molar-refractivity contribution < 1.29 is 5.11 Å². The highest BCUT2D eigenvalue weighted by Crippen LogP contribution is 2.23. The maximum absolute atomic E-state index is 9.73. The molecule has 0 atom stereocenters. The molecule has 0 heterocycles. The molecule has 0 saturated heterocycles. The molecule has 0 fully saturated rings. The van der Waals surface area contributed by atoms with Gasteiger partial charge in [0.2, 0.25) is 0 Å². The number of benzene rings is 2. The third kappa shape index (κ3) is 4.11. The Labute approximate surface area is 134 Å². The first-order valence-electron chi connectivity index (χ1n) is 7.80. The van der Waals surface area contributed by atoms with Crippen LogP contribution in [0.15, 0.2) is 48.7 Å². The first kappa shape index (κ1) is 19.7. The van der Waals surface area contributed by atoms with Gasteiger partial charge in [-0.1, -0.05) is 83.8 Å². The Kier molecular flexibility index (Phi) is 8.62. The number of aliphatic hydroxyl groups is 1. The molecular weight excluding hydrogens is 268 g/mol. The quantitative estimate of drug-likeness (QED) is 0.597. The fourth-order valence-electron chi connectivity index (χ4n) is 2.26. The Morgan fingerprint density at radius 2 is 1.55 bits per heavy atom. The lowest BCUT2D eigenvalue weighted by Crippen LogP contribution is -2.13. The van der Waals surface area contributed by atoms with Crippen LogP contribution in [0.2, 0.25) is 0 Å². The van der Waals surface area contributed by atoms with Crippen LogP contribution >= 0.6 is 0 Å². The molecule has 118 valence electrons. The van der Waals surface area contributed by atoms with E-state index in [1.165, 1.54) is 0 Å². The fraction of sp³-hybridized carbons (Fsp3) is 0.238. The van der Waals surface area contributed by atoms with E-state index in [-0.39, 0.29) is 5.76 Å². The Bertz CT molecular complexity index is 751. The van der Waals surface area contributed by atoms with Crippen molar-refractivity contribution in [2.24, 2.45) is 0 Å². The maximum atomic E-state index is 9.73. The molecule has 2 rings (SSSR count). The average Bonchev–Trinajstić information content (AvgIpc) is 2.54. The van der Waals surface area contributed by atoms with Crippen molar-refractivity contribution in [1.29, 1.82) is 0 Å². The van der Waals surface area contributed by atoms with E-state index in [1.54, 1.807) is 0 Å². The van der Waals surface area contributed by atoms with Crippen LogP contribution < -0.4 is 10.4 Å². The Morgan fingerprint density at radius 1 is 0.955 bits per heavy atom. The normalized spacial score (nSPS) is 10.1. The van der Waals surface area contributed by atoms with Gasteiger partial charge in [-0.15, -0.1) is 0 Å². The van der Waals surface area contributed by atoms with Crippen LogP contribution in [0.3, 0.4) is 0 Å². The summed E-state index contributed by atoms with van der Waals surface area (Å²) >= 11 is 0. The van der Waals surface area contributed by atoms with Crippen LogP contribution in [0, 0.1) is 0 Å². The van der Waals surface area contributed by atoms with Crippen LogP contribution in [-0.4, -0.2) is 5.11 Å². The summed E-state index contributed by atoms with van der Waals surface area (Å²) < 4.78 is 0. The lowest BCUT2D eigenvalue weighted by atomic mass is 9.94. The summed E-state index contributed by atoms with van der Waals surface area (Å²) in [5, 5.41) is 13.6. The summed E-state index contributed by atoms with van der Waals surface area (Å²) in [7, 11) is 0. The van der Waals surface area contributed by atoms with Gasteiger partial charge in [-0.2, -0.15) is 0 Å². The van der Waals surface area contributed by atoms with Crippen molar-refractivity contribution in [2.75, 3.05) is 0 Å². The van der Waals surface area contributed by atoms with Gasteiger partial charge >= 0.3 is 0 Å². The van der Waals surface area contributed by atoms with E-state index in [9.17, 15) is 5.11 Å². The molecule has 0 bridgehead atoms. The second-order valence-corrected chi connectivity index (χ2v) is 4.26. The van der Waals surface area contributed by atoms with Gasteiger partial charge in [-0.3, -0.25) is 0 Å². The van der Waals surface area contributed by atoms with Crippen molar-refractivity contribution >= 4 is 29.5 Å².